The second-order valence-corrected chi connectivity index (χ2v) is 5.66. The third-order valence-electron chi connectivity index (χ3n) is 3.91. The Kier molecular flexibility index (Phi) is 3.95. The quantitative estimate of drug-likeness (QED) is 0.903. The Morgan fingerprint density at radius 1 is 1.15 bits per heavy atom. The van der Waals surface area contributed by atoms with Crippen molar-refractivity contribution in [2.45, 2.75) is 13.0 Å². The minimum atomic E-state index is 0.365. The van der Waals surface area contributed by atoms with Gasteiger partial charge in [0.2, 0.25) is 0 Å². The normalized spacial score (nSPS) is 19.1. The fourth-order valence-corrected chi connectivity index (χ4v) is 2.92. The number of benzene rings is 2. The fourth-order valence-electron chi connectivity index (χ4n) is 2.75. The van der Waals surface area contributed by atoms with Crippen LogP contribution in [-0.4, -0.2) is 19.6 Å². The lowest BCUT2D eigenvalue weighted by molar-refractivity contribution is 0.490. The molecule has 0 aromatic heterocycles. The molecule has 0 aliphatic carbocycles. The van der Waals surface area contributed by atoms with Gasteiger partial charge in [-0.1, -0.05) is 48.0 Å². The number of hydrogen-bond donors (Lipinski definition) is 1. The van der Waals surface area contributed by atoms with Gasteiger partial charge in [0, 0.05) is 30.3 Å². The smallest absolute Gasteiger partial charge is 0.0667 e. The molecule has 3 heteroatoms. The maximum absolute atomic E-state index is 6.28. The largest absolute Gasteiger partial charge is 0.362 e. The average Bonchev–Trinajstić information content (AvgIpc) is 2.51. The first-order chi connectivity index (χ1) is 9.75. The maximum atomic E-state index is 6.28. The molecule has 1 heterocycles. The molecule has 1 unspecified atom stereocenters. The van der Waals surface area contributed by atoms with Crippen LogP contribution in [0.25, 0.3) is 0 Å². The highest BCUT2D eigenvalue weighted by Gasteiger charge is 2.24. The van der Waals surface area contributed by atoms with Crippen molar-refractivity contribution in [2.24, 2.45) is 0 Å². The monoisotopic (exact) mass is 286 g/mol. The standard InChI is InChI=1S/C17H19ClN2/c1-13-7-8-15(11-16(13)18)20-10-9-19-12-17(20)14-5-3-2-4-6-14/h2-8,11,17,19H,9-10,12H2,1H3. The Morgan fingerprint density at radius 2 is 1.95 bits per heavy atom. The Morgan fingerprint density at radius 3 is 2.70 bits per heavy atom. The molecule has 3 rings (SSSR count). The zero-order chi connectivity index (χ0) is 13.9. The first-order valence-corrected chi connectivity index (χ1v) is 7.42. The Balaban J connectivity index is 1.94. The molecule has 1 saturated heterocycles. The maximum Gasteiger partial charge on any atom is 0.0667 e. The highest BCUT2D eigenvalue weighted by atomic mass is 35.5. The van der Waals surface area contributed by atoms with E-state index in [-0.39, 0.29) is 0 Å². The summed E-state index contributed by atoms with van der Waals surface area (Å²) in [5.74, 6) is 0. The van der Waals surface area contributed by atoms with Crippen LogP contribution < -0.4 is 10.2 Å². The van der Waals surface area contributed by atoms with Crippen LogP contribution in [0.3, 0.4) is 0 Å². The van der Waals surface area contributed by atoms with Gasteiger partial charge in [-0.05, 0) is 30.2 Å². The van der Waals surface area contributed by atoms with Gasteiger partial charge < -0.3 is 10.2 Å². The van der Waals surface area contributed by atoms with Gasteiger partial charge in [-0.25, -0.2) is 0 Å². The summed E-state index contributed by atoms with van der Waals surface area (Å²) in [6, 6.07) is 17.4. The predicted octanol–water partition coefficient (Wildman–Crippen LogP) is 3.80. The molecule has 0 radical (unpaired) electrons. The summed E-state index contributed by atoms with van der Waals surface area (Å²) < 4.78 is 0. The van der Waals surface area contributed by atoms with Crippen molar-refractivity contribution < 1.29 is 0 Å². The van der Waals surface area contributed by atoms with Gasteiger partial charge in [0.05, 0.1) is 6.04 Å². The van der Waals surface area contributed by atoms with Crippen LogP contribution in [0, 0.1) is 6.92 Å². The van der Waals surface area contributed by atoms with Crippen LogP contribution in [0.15, 0.2) is 48.5 Å². The fraction of sp³-hybridized carbons (Fsp3) is 0.294. The molecule has 1 aliphatic rings. The van der Waals surface area contributed by atoms with Crippen LogP contribution in [0.4, 0.5) is 5.69 Å². The lowest BCUT2D eigenvalue weighted by Gasteiger charge is -2.38. The Bertz CT molecular complexity index is 583. The van der Waals surface area contributed by atoms with Gasteiger partial charge in [-0.3, -0.25) is 0 Å². The molecule has 2 aromatic rings. The van der Waals surface area contributed by atoms with E-state index in [0.717, 1.165) is 30.2 Å². The number of nitrogens with zero attached hydrogens (tertiary/aromatic N) is 1. The van der Waals surface area contributed by atoms with Gasteiger partial charge in [0.1, 0.15) is 0 Å². The lowest BCUT2D eigenvalue weighted by Crippen LogP contribution is -2.46. The minimum Gasteiger partial charge on any atom is -0.362 e. The summed E-state index contributed by atoms with van der Waals surface area (Å²) in [4.78, 5) is 2.44. The number of halogens is 1. The van der Waals surface area contributed by atoms with E-state index < -0.39 is 0 Å². The van der Waals surface area contributed by atoms with Crippen LogP contribution in [0.5, 0.6) is 0 Å². The third-order valence-corrected chi connectivity index (χ3v) is 4.32. The van der Waals surface area contributed by atoms with Crippen LogP contribution >= 0.6 is 11.6 Å². The van der Waals surface area contributed by atoms with E-state index in [1.54, 1.807) is 0 Å². The molecule has 1 atom stereocenters. The Hall–Kier alpha value is -1.51. The van der Waals surface area contributed by atoms with Crippen molar-refractivity contribution in [2.75, 3.05) is 24.5 Å². The van der Waals surface area contributed by atoms with Crippen LogP contribution in [0.1, 0.15) is 17.2 Å². The van der Waals surface area contributed by atoms with E-state index in [1.807, 2.05) is 6.92 Å². The Labute approximate surface area is 125 Å². The number of hydrogen-bond acceptors (Lipinski definition) is 2. The SMILES string of the molecule is Cc1ccc(N2CCNCC2c2ccccc2)cc1Cl. The van der Waals surface area contributed by atoms with Crippen LogP contribution in [-0.2, 0) is 0 Å². The van der Waals surface area contributed by atoms with Crippen molar-refractivity contribution in [3.05, 3.63) is 64.7 Å². The van der Waals surface area contributed by atoms with Crippen molar-refractivity contribution in [3.63, 3.8) is 0 Å². The summed E-state index contributed by atoms with van der Waals surface area (Å²) in [5.41, 5.74) is 3.68. The molecule has 1 N–H and O–H groups in total. The lowest BCUT2D eigenvalue weighted by atomic mass is 10.0. The van der Waals surface area contributed by atoms with E-state index >= 15 is 0 Å². The van der Waals surface area contributed by atoms with E-state index in [1.165, 1.54) is 11.3 Å². The number of aryl methyl sites for hydroxylation is 1. The molecule has 0 spiro atoms. The summed E-state index contributed by atoms with van der Waals surface area (Å²) >= 11 is 6.28. The summed E-state index contributed by atoms with van der Waals surface area (Å²) in [5, 5.41) is 4.32. The molecule has 104 valence electrons. The molecular formula is C17H19ClN2. The highest BCUT2D eigenvalue weighted by molar-refractivity contribution is 6.31. The van der Waals surface area contributed by atoms with E-state index in [4.69, 9.17) is 11.6 Å². The second kappa shape index (κ2) is 5.86. The van der Waals surface area contributed by atoms with Gasteiger partial charge in [-0.15, -0.1) is 0 Å². The van der Waals surface area contributed by atoms with E-state index in [2.05, 4.69) is 58.7 Å². The summed E-state index contributed by atoms with van der Waals surface area (Å²) in [6.45, 7) is 5.02. The molecule has 0 bridgehead atoms. The summed E-state index contributed by atoms with van der Waals surface area (Å²) in [7, 11) is 0. The first-order valence-electron chi connectivity index (χ1n) is 7.04. The van der Waals surface area contributed by atoms with Gasteiger partial charge in [0.15, 0.2) is 0 Å². The molecule has 20 heavy (non-hydrogen) atoms. The first kappa shape index (κ1) is 13.5. The van der Waals surface area contributed by atoms with Crippen molar-refractivity contribution in [1.82, 2.24) is 5.32 Å². The van der Waals surface area contributed by atoms with Crippen molar-refractivity contribution >= 4 is 17.3 Å². The highest BCUT2D eigenvalue weighted by Crippen LogP contribution is 2.31. The number of anilines is 1. The second-order valence-electron chi connectivity index (χ2n) is 5.26. The minimum absolute atomic E-state index is 0.365. The molecule has 0 amide bonds. The van der Waals surface area contributed by atoms with Gasteiger partial charge >= 0.3 is 0 Å². The van der Waals surface area contributed by atoms with Crippen molar-refractivity contribution in [3.8, 4) is 0 Å². The average molecular weight is 287 g/mol. The van der Waals surface area contributed by atoms with Gasteiger partial charge in [-0.2, -0.15) is 0 Å². The summed E-state index contributed by atoms with van der Waals surface area (Å²) in [6.07, 6.45) is 0. The van der Waals surface area contributed by atoms with Crippen LogP contribution in [0.2, 0.25) is 5.02 Å². The zero-order valence-corrected chi connectivity index (χ0v) is 12.4. The third kappa shape index (κ3) is 2.67. The molecule has 1 fully saturated rings. The number of piperazine rings is 1. The number of nitrogens with one attached hydrogen (secondary N) is 1. The molecule has 1 aliphatic heterocycles. The van der Waals surface area contributed by atoms with Gasteiger partial charge in [0.25, 0.3) is 0 Å². The van der Waals surface area contributed by atoms with E-state index in [0.29, 0.717) is 6.04 Å². The number of rotatable bonds is 2. The molecule has 0 saturated carbocycles. The molecule has 2 nitrogen and oxygen atoms in total. The predicted molar refractivity (Wildman–Crippen MR) is 85.6 cm³/mol. The topological polar surface area (TPSA) is 15.3 Å². The van der Waals surface area contributed by atoms with E-state index in [9.17, 15) is 0 Å². The van der Waals surface area contributed by atoms with Crippen molar-refractivity contribution in [1.29, 1.82) is 0 Å². The zero-order valence-electron chi connectivity index (χ0n) is 11.6. The molecule has 2 aromatic carbocycles. The molecular weight excluding hydrogens is 268 g/mol.